The molecule has 29 heavy (non-hydrogen) atoms. The first-order chi connectivity index (χ1) is 13.8. The van der Waals surface area contributed by atoms with E-state index in [4.69, 9.17) is 16.2 Å². The van der Waals surface area contributed by atoms with E-state index < -0.39 is 50.5 Å². The van der Waals surface area contributed by atoms with Gasteiger partial charge in [-0.15, -0.1) is 0 Å². The molecule has 0 spiro atoms. The standard InChI is InChI=1S/C17H24N6O5Se/c1-2-4-29(5-3-9(18)17(26)27)6-10-12(24)13(25)16(28-10)23-8-22-11-14(19)20-7-21-15(11)23/h2,7-10,12-13,16,24-25H,1,3-6,18H2,(H2-,19,20,21,26,27)/t9-,10+,12+,13+,16+,29?/m0/s1. The Bertz CT molecular complexity index is 879. The number of carbonyl (C=O) groups is 1. The molecule has 0 bridgehead atoms. The summed E-state index contributed by atoms with van der Waals surface area (Å²) in [4.78, 5) is 23.0. The van der Waals surface area contributed by atoms with Gasteiger partial charge >= 0.3 is 171 Å². The fourth-order valence-electron chi connectivity index (χ4n) is 3.20. The summed E-state index contributed by atoms with van der Waals surface area (Å²) >= 11 is -1.42. The van der Waals surface area contributed by atoms with Crippen molar-refractivity contribution >= 4 is 36.9 Å². The van der Waals surface area contributed by atoms with Gasteiger partial charge < -0.3 is 0 Å². The molecule has 0 aliphatic carbocycles. The molecule has 1 unspecified atom stereocenters. The first-order valence-corrected chi connectivity index (χ1v) is 12.6. The van der Waals surface area contributed by atoms with E-state index in [1.165, 1.54) is 17.2 Å². The third kappa shape index (κ3) is 4.58. The number of carbonyl (C=O) groups excluding carboxylic acids is 1. The van der Waals surface area contributed by atoms with Crippen LogP contribution in [-0.4, -0.2) is 74.0 Å². The number of hydrogen-bond acceptors (Lipinski definition) is 10. The minimum absolute atomic E-state index is 0.209. The van der Waals surface area contributed by atoms with Gasteiger partial charge in [-0.25, -0.2) is 0 Å². The number of anilines is 1. The number of aliphatic carboxylic acids is 1. The molecule has 158 valence electrons. The van der Waals surface area contributed by atoms with Gasteiger partial charge in [0, 0.05) is 0 Å². The molecule has 3 heterocycles. The first-order valence-electron chi connectivity index (χ1n) is 8.99. The number of aliphatic hydroxyl groups excluding tert-OH is 2. The fraction of sp³-hybridized carbons (Fsp3) is 0.529. The van der Waals surface area contributed by atoms with Gasteiger partial charge in [0.2, 0.25) is 0 Å². The average Bonchev–Trinajstić information content (AvgIpc) is 3.23. The molecule has 1 aliphatic heterocycles. The van der Waals surface area contributed by atoms with E-state index in [9.17, 15) is 20.1 Å². The number of rotatable bonds is 9. The molecule has 6 atom stereocenters. The maximum absolute atomic E-state index is 10.8. The zero-order chi connectivity index (χ0) is 21.1. The Hall–Kier alpha value is -2.08. The van der Waals surface area contributed by atoms with Crippen LogP contribution < -0.4 is 16.6 Å². The van der Waals surface area contributed by atoms with E-state index in [1.807, 2.05) is 0 Å². The molecule has 0 radical (unpaired) electrons. The molecule has 12 heteroatoms. The van der Waals surface area contributed by atoms with E-state index in [1.54, 1.807) is 6.08 Å². The number of allylic oxidation sites excluding steroid dienone is 1. The Morgan fingerprint density at radius 1 is 1.41 bits per heavy atom. The Morgan fingerprint density at radius 2 is 2.17 bits per heavy atom. The molecular weight excluding hydrogens is 447 g/mol. The molecule has 0 amide bonds. The van der Waals surface area contributed by atoms with Crippen LogP contribution in [0.25, 0.3) is 11.2 Å². The Morgan fingerprint density at radius 3 is 2.86 bits per heavy atom. The van der Waals surface area contributed by atoms with Crippen molar-refractivity contribution in [3.8, 4) is 0 Å². The van der Waals surface area contributed by atoms with Gasteiger partial charge in [-0.05, 0) is 0 Å². The van der Waals surface area contributed by atoms with E-state index in [0.717, 1.165) is 0 Å². The molecular formula is C17H24N6O5Se. The van der Waals surface area contributed by atoms with Gasteiger partial charge in [0.05, 0.1) is 0 Å². The molecule has 3 rings (SSSR count). The van der Waals surface area contributed by atoms with Gasteiger partial charge in [-0.2, -0.15) is 0 Å². The van der Waals surface area contributed by atoms with Gasteiger partial charge in [0.1, 0.15) is 0 Å². The van der Waals surface area contributed by atoms with Crippen LogP contribution in [0.5, 0.6) is 0 Å². The van der Waals surface area contributed by atoms with Crippen molar-refractivity contribution < 1.29 is 24.9 Å². The number of fused-ring (bicyclic) bond motifs is 1. The second kappa shape index (κ2) is 9.16. The summed E-state index contributed by atoms with van der Waals surface area (Å²) in [6, 6.07) is -1.03. The number of imidazole rings is 1. The SMILES string of the molecule is C=CC[Se+](CC[C@H](N)C(=O)[O-])C[C@H]1O[C@@H](n2cnc3c(N)ncnc32)[C@H](O)[C@@H]1O. The zero-order valence-corrected chi connectivity index (χ0v) is 17.3. The molecule has 1 aliphatic rings. The average molecular weight is 471 g/mol. The number of aromatic nitrogens is 4. The van der Waals surface area contributed by atoms with Crippen LogP contribution in [-0.2, 0) is 9.53 Å². The molecule has 2 aromatic heterocycles. The number of carboxylic acids is 1. The molecule has 2 aromatic rings. The molecule has 0 saturated carbocycles. The summed E-state index contributed by atoms with van der Waals surface area (Å²) in [6.07, 6.45) is 1.00. The number of hydrogen-bond donors (Lipinski definition) is 4. The van der Waals surface area contributed by atoms with Crippen LogP contribution in [0, 0.1) is 0 Å². The second-order valence-electron chi connectivity index (χ2n) is 6.78. The van der Waals surface area contributed by atoms with Crippen molar-refractivity contribution in [3.05, 3.63) is 25.3 Å². The maximum atomic E-state index is 10.8. The van der Waals surface area contributed by atoms with Gasteiger partial charge in [0.15, 0.2) is 0 Å². The molecule has 11 nitrogen and oxygen atoms in total. The Labute approximate surface area is 171 Å². The topological polar surface area (TPSA) is 185 Å². The van der Waals surface area contributed by atoms with E-state index in [2.05, 4.69) is 21.5 Å². The number of nitrogen functional groups attached to an aromatic ring is 1. The molecule has 1 saturated heterocycles. The second-order valence-corrected chi connectivity index (χ2v) is 11.6. The summed E-state index contributed by atoms with van der Waals surface area (Å²) in [5.74, 6) is -1.07. The van der Waals surface area contributed by atoms with Crippen LogP contribution in [0.4, 0.5) is 5.82 Å². The summed E-state index contributed by atoms with van der Waals surface area (Å²) in [5.41, 5.74) is 12.1. The predicted molar refractivity (Wildman–Crippen MR) is 104 cm³/mol. The van der Waals surface area contributed by atoms with Crippen LogP contribution in [0.3, 0.4) is 0 Å². The van der Waals surface area contributed by atoms with E-state index in [-0.39, 0.29) is 12.2 Å². The number of carboxylic acid groups (broad SMARTS) is 1. The number of aliphatic hydroxyl groups is 2. The summed E-state index contributed by atoms with van der Waals surface area (Å²) in [6.45, 7) is 3.75. The van der Waals surface area contributed by atoms with Gasteiger partial charge in [-0.1, -0.05) is 0 Å². The van der Waals surface area contributed by atoms with Gasteiger partial charge in [-0.3, -0.25) is 0 Å². The third-order valence-corrected chi connectivity index (χ3v) is 9.64. The molecule has 0 aromatic carbocycles. The van der Waals surface area contributed by atoms with Crippen LogP contribution >= 0.6 is 0 Å². The molecule has 6 N–H and O–H groups in total. The minimum atomic E-state index is -1.42. The fourth-order valence-corrected chi connectivity index (χ4v) is 7.67. The summed E-state index contributed by atoms with van der Waals surface area (Å²) in [5, 5.41) is 33.8. The van der Waals surface area contributed by atoms with Crippen molar-refractivity contribution in [1.29, 1.82) is 0 Å². The summed E-state index contributed by atoms with van der Waals surface area (Å²) < 4.78 is 7.49. The van der Waals surface area contributed by atoms with Gasteiger partial charge in [0.25, 0.3) is 0 Å². The number of nitrogens with two attached hydrogens (primary N) is 2. The normalized spacial score (nSPS) is 26.4. The van der Waals surface area contributed by atoms with Crippen LogP contribution in [0.2, 0.25) is 16.0 Å². The Balaban J connectivity index is 1.73. The van der Waals surface area contributed by atoms with Crippen LogP contribution in [0.15, 0.2) is 25.3 Å². The van der Waals surface area contributed by atoms with Crippen molar-refractivity contribution in [2.75, 3.05) is 5.73 Å². The van der Waals surface area contributed by atoms with Crippen molar-refractivity contribution in [2.45, 2.75) is 53.0 Å². The van der Waals surface area contributed by atoms with Crippen molar-refractivity contribution in [3.63, 3.8) is 0 Å². The third-order valence-electron chi connectivity index (χ3n) is 4.77. The van der Waals surface area contributed by atoms with Crippen molar-refractivity contribution in [1.82, 2.24) is 19.5 Å². The summed E-state index contributed by atoms with van der Waals surface area (Å²) in [7, 11) is 0. The number of ether oxygens (including phenoxy) is 1. The Kier molecular flexibility index (Phi) is 6.83. The zero-order valence-electron chi connectivity index (χ0n) is 15.6. The quantitative estimate of drug-likeness (QED) is 0.240. The van der Waals surface area contributed by atoms with E-state index in [0.29, 0.717) is 27.1 Å². The number of nitrogens with zero attached hydrogens (tertiary/aromatic N) is 4. The predicted octanol–water partition coefficient (Wildman–Crippen LogP) is -1.82. The molecule has 1 fully saturated rings. The van der Waals surface area contributed by atoms with Crippen LogP contribution in [0.1, 0.15) is 12.6 Å². The monoisotopic (exact) mass is 472 g/mol. The first kappa shape index (κ1) is 21.6. The van der Waals surface area contributed by atoms with E-state index >= 15 is 0 Å². The van der Waals surface area contributed by atoms with Crippen molar-refractivity contribution in [2.24, 2.45) is 5.73 Å².